The fourth-order valence-electron chi connectivity index (χ4n) is 1.68. The average molecular weight is 444 g/mol. The molecule has 1 aromatic heterocycles. The van der Waals surface area contributed by atoms with Gasteiger partial charge in [-0.1, -0.05) is 30.0 Å². The molecule has 25 heavy (non-hydrogen) atoms. The summed E-state index contributed by atoms with van der Waals surface area (Å²) in [6.45, 7) is 0.982. The van der Waals surface area contributed by atoms with E-state index in [1.807, 2.05) is 11.8 Å². The van der Waals surface area contributed by atoms with Crippen molar-refractivity contribution in [1.82, 2.24) is 4.90 Å². The summed E-state index contributed by atoms with van der Waals surface area (Å²) < 4.78 is 2.51. The van der Waals surface area contributed by atoms with Crippen LogP contribution in [0.25, 0.3) is 0 Å². The minimum atomic E-state index is -1.26. The minimum absolute atomic E-state index is 0.558. The molecular formula is C17H18BrNO4S2. The Morgan fingerprint density at radius 2 is 1.72 bits per heavy atom. The molecule has 2 rings (SSSR count). The Labute approximate surface area is 163 Å². The molecule has 0 aliphatic carbocycles. The number of rotatable bonds is 6. The fraction of sp³-hybridized carbons (Fsp3) is 0.176. The molecule has 1 heterocycles. The van der Waals surface area contributed by atoms with Gasteiger partial charge in [0.15, 0.2) is 0 Å². The lowest BCUT2D eigenvalue weighted by atomic mass is 10.2. The van der Waals surface area contributed by atoms with Gasteiger partial charge in [0.1, 0.15) is 0 Å². The van der Waals surface area contributed by atoms with E-state index in [1.54, 1.807) is 11.3 Å². The Hall–Kier alpha value is -1.61. The van der Waals surface area contributed by atoms with Crippen molar-refractivity contribution in [1.29, 1.82) is 0 Å². The van der Waals surface area contributed by atoms with Crippen LogP contribution in [0.15, 0.2) is 61.4 Å². The van der Waals surface area contributed by atoms with E-state index in [2.05, 4.69) is 71.3 Å². The summed E-state index contributed by atoms with van der Waals surface area (Å²) in [5, 5.41) is 15.6. The Morgan fingerprint density at radius 3 is 2.20 bits per heavy atom. The first-order chi connectivity index (χ1) is 11.8. The highest BCUT2D eigenvalue weighted by Gasteiger charge is 2.06. The van der Waals surface area contributed by atoms with E-state index in [-0.39, 0.29) is 0 Å². The molecule has 5 nitrogen and oxygen atoms in total. The third kappa shape index (κ3) is 9.45. The maximum Gasteiger partial charge on any atom is 0.328 e. The average Bonchev–Trinajstić information content (AvgIpc) is 2.92. The molecule has 0 radical (unpaired) electrons. The van der Waals surface area contributed by atoms with Crippen molar-refractivity contribution in [3.05, 3.63) is 57.9 Å². The maximum atomic E-state index is 9.55. The second kappa shape index (κ2) is 11.1. The quantitative estimate of drug-likeness (QED) is 0.642. The van der Waals surface area contributed by atoms with Crippen LogP contribution in [-0.2, 0) is 16.1 Å². The van der Waals surface area contributed by atoms with Crippen LogP contribution in [0, 0.1) is 0 Å². The van der Waals surface area contributed by atoms with Crippen molar-refractivity contribution in [3.63, 3.8) is 0 Å². The molecule has 0 spiro atoms. The van der Waals surface area contributed by atoms with Crippen molar-refractivity contribution < 1.29 is 19.8 Å². The molecule has 0 amide bonds. The van der Waals surface area contributed by atoms with Gasteiger partial charge < -0.3 is 15.1 Å². The molecule has 134 valence electrons. The maximum absolute atomic E-state index is 9.55. The normalized spacial score (nSPS) is 10.6. The summed E-state index contributed by atoms with van der Waals surface area (Å²) in [6.07, 6.45) is 1.12. The highest BCUT2D eigenvalue weighted by atomic mass is 79.9. The minimum Gasteiger partial charge on any atom is -0.478 e. The van der Waals surface area contributed by atoms with Gasteiger partial charge in [-0.05, 0) is 53.8 Å². The summed E-state index contributed by atoms with van der Waals surface area (Å²) >= 11 is 7.12. The number of carbonyl (C=O) groups is 2. The molecule has 1 aromatic carbocycles. The van der Waals surface area contributed by atoms with Gasteiger partial charge in [0.05, 0.1) is 8.00 Å². The number of aliphatic carboxylic acids is 2. The monoisotopic (exact) mass is 443 g/mol. The number of carboxylic acid groups (broad SMARTS) is 2. The summed E-state index contributed by atoms with van der Waals surface area (Å²) in [6, 6.07) is 12.9. The van der Waals surface area contributed by atoms with Gasteiger partial charge in [-0.25, -0.2) is 9.59 Å². The molecule has 0 saturated carbocycles. The smallest absolute Gasteiger partial charge is 0.328 e. The number of hydrogen-bond donors (Lipinski definition) is 2. The first-order valence-corrected chi connectivity index (χ1v) is 9.50. The van der Waals surface area contributed by atoms with E-state index in [1.165, 1.54) is 18.5 Å². The zero-order valence-electron chi connectivity index (χ0n) is 13.7. The second-order valence-corrected chi connectivity index (χ2v) is 8.82. The number of carboxylic acids is 2. The molecule has 0 aliphatic heterocycles. The Bertz CT molecular complexity index is 728. The molecule has 0 saturated heterocycles. The van der Waals surface area contributed by atoms with E-state index in [0.717, 1.165) is 6.54 Å². The number of halogens is 1. The highest BCUT2D eigenvalue weighted by Crippen LogP contribution is 2.37. The third-order valence-corrected chi connectivity index (χ3v) is 5.46. The standard InChI is InChI=1S/C13H14BrNS2.C4H4O4/c1-15(2)9-10-5-3-4-6-11(10)16-13-8-7-12(14)17-13;5-3(6)1-2-4(7)8/h3-8H,9H2,1-2H3;1-2H,(H,5,6)(H,7,8)/b;2-1-. The van der Waals surface area contributed by atoms with Gasteiger partial charge in [-0.3, -0.25) is 0 Å². The Morgan fingerprint density at radius 1 is 1.12 bits per heavy atom. The SMILES string of the molecule is CN(C)Cc1ccccc1Sc1ccc(Br)s1.O=C(O)/C=C\C(=O)O. The fourth-order valence-corrected chi connectivity index (χ4v) is 4.59. The molecule has 0 unspecified atom stereocenters. The molecule has 2 N–H and O–H groups in total. The predicted octanol–water partition coefficient (Wildman–Crippen LogP) is 4.44. The summed E-state index contributed by atoms with van der Waals surface area (Å²) in [5.74, 6) is -2.51. The van der Waals surface area contributed by atoms with Crippen LogP contribution in [0.5, 0.6) is 0 Å². The van der Waals surface area contributed by atoms with E-state index < -0.39 is 11.9 Å². The largest absolute Gasteiger partial charge is 0.478 e. The van der Waals surface area contributed by atoms with Crippen LogP contribution < -0.4 is 0 Å². The third-order valence-electron chi connectivity index (χ3n) is 2.59. The van der Waals surface area contributed by atoms with Crippen LogP contribution in [-0.4, -0.2) is 41.1 Å². The van der Waals surface area contributed by atoms with E-state index >= 15 is 0 Å². The lowest BCUT2D eigenvalue weighted by Crippen LogP contribution is -2.11. The van der Waals surface area contributed by atoms with Crippen molar-refractivity contribution in [2.45, 2.75) is 15.6 Å². The van der Waals surface area contributed by atoms with Crippen molar-refractivity contribution in [2.24, 2.45) is 0 Å². The second-order valence-electron chi connectivity index (χ2n) is 5.02. The number of benzene rings is 1. The van der Waals surface area contributed by atoms with E-state index in [4.69, 9.17) is 10.2 Å². The van der Waals surface area contributed by atoms with Crippen LogP contribution in [0.3, 0.4) is 0 Å². The number of nitrogens with zero attached hydrogens (tertiary/aromatic N) is 1. The van der Waals surface area contributed by atoms with Crippen molar-refractivity contribution >= 4 is 51.0 Å². The zero-order valence-corrected chi connectivity index (χ0v) is 16.9. The zero-order chi connectivity index (χ0) is 18.8. The Kier molecular flexibility index (Phi) is 9.51. The molecule has 0 bridgehead atoms. The number of thiophene rings is 1. The molecule has 8 heteroatoms. The van der Waals surface area contributed by atoms with Gasteiger partial charge in [-0.15, -0.1) is 11.3 Å². The molecule has 0 atom stereocenters. The first kappa shape index (κ1) is 21.4. The molecule has 0 fully saturated rings. The van der Waals surface area contributed by atoms with Crippen molar-refractivity contribution in [2.75, 3.05) is 14.1 Å². The molecule has 0 aliphatic rings. The van der Waals surface area contributed by atoms with Crippen LogP contribution >= 0.6 is 39.0 Å². The molecule has 2 aromatic rings. The Balaban J connectivity index is 0.000000333. The van der Waals surface area contributed by atoms with E-state index in [0.29, 0.717) is 12.2 Å². The lowest BCUT2D eigenvalue weighted by molar-refractivity contribution is -0.134. The summed E-state index contributed by atoms with van der Waals surface area (Å²) in [4.78, 5) is 22.6. The van der Waals surface area contributed by atoms with Gasteiger partial charge in [0.2, 0.25) is 0 Å². The van der Waals surface area contributed by atoms with Crippen LogP contribution in [0.4, 0.5) is 0 Å². The molecular weight excluding hydrogens is 426 g/mol. The van der Waals surface area contributed by atoms with Crippen LogP contribution in [0.1, 0.15) is 5.56 Å². The highest BCUT2D eigenvalue weighted by molar-refractivity contribution is 9.11. The van der Waals surface area contributed by atoms with Crippen molar-refractivity contribution in [3.8, 4) is 0 Å². The topological polar surface area (TPSA) is 77.8 Å². The summed E-state index contributed by atoms with van der Waals surface area (Å²) in [7, 11) is 4.20. The van der Waals surface area contributed by atoms with Gasteiger partial charge >= 0.3 is 11.9 Å². The lowest BCUT2D eigenvalue weighted by Gasteiger charge is -2.13. The van der Waals surface area contributed by atoms with E-state index in [9.17, 15) is 9.59 Å². The van der Waals surface area contributed by atoms with Gasteiger partial charge in [0.25, 0.3) is 0 Å². The number of hydrogen-bond acceptors (Lipinski definition) is 5. The van der Waals surface area contributed by atoms with Gasteiger partial charge in [-0.2, -0.15) is 0 Å². The van der Waals surface area contributed by atoms with Crippen LogP contribution in [0.2, 0.25) is 0 Å². The predicted molar refractivity (Wildman–Crippen MR) is 104 cm³/mol. The first-order valence-electron chi connectivity index (χ1n) is 7.07. The summed E-state index contributed by atoms with van der Waals surface area (Å²) in [5.41, 5.74) is 1.38. The van der Waals surface area contributed by atoms with Gasteiger partial charge in [0, 0.05) is 23.6 Å².